The van der Waals surface area contributed by atoms with Crippen LogP contribution in [0, 0.1) is 5.92 Å². The summed E-state index contributed by atoms with van der Waals surface area (Å²) in [5.74, 6) is 1.00. The SMILES string of the molecule is COC(C(=O)N1CCC(NCC2CC2)CC1)c1ccccc1.Cl. The minimum absolute atomic E-state index is 0. The number of likely N-dealkylation sites (tertiary alicyclic amines) is 1. The second-order valence-corrected chi connectivity index (χ2v) is 6.48. The lowest BCUT2D eigenvalue weighted by atomic mass is 10.0. The summed E-state index contributed by atoms with van der Waals surface area (Å²) in [7, 11) is 1.61. The normalized spacial score (nSPS) is 20.0. The van der Waals surface area contributed by atoms with E-state index in [-0.39, 0.29) is 18.3 Å². The zero-order chi connectivity index (χ0) is 15.4. The largest absolute Gasteiger partial charge is 0.367 e. The molecule has 0 radical (unpaired) electrons. The number of nitrogens with zero attached hydrogens (tertiary/aromatic N) is 1. The average molecular weight is 339 g/mol. The fourth-order valence-electron chi connectivity index (χ4n) is 3.13. The third kappa shape index (κ3) is 4.93. The van der Waals surface area contributed by atoms with Crippen LogP contribution in [0.5, 0.6) is 0 Å². The summed E-state index contributed by atoms with van der Waals surface area (Å²) in [6.45, 7) is 2.81. The maximum atomic E-state index is 12.7. The predicted octanol–water partition coefficient (Wildman–Crippen LogP) is 2.79. The van der Waals surface area contributed by atoms with E-state index in [1.165, 1.54) is 12.8 Å². The number of carbonyl (C=O) groups excluding carboxylic acids is 1. The van der Waals surface area contributed by atoms with Crippen molar-refractivity contribution in [3.05, 3.63) is 35.9 Å². The minimum Gasteiger partial charge on any atom is -0.367 e. The molecule has 0 aromatic heterocycles. The molecule has 1 aromatic rings. The summed E-state index contributed by atoms with van der Waals surface area (Å²) < 4.78 is 5.46. The van der Waals surface area contributed by atoms with E-state index in [4.69, 9.17) is 4.74 Å². The van der Waals surface area contributed by atoms with Crippen molar-refractivity contribution in [2.24, 2.45) is 5.92 Å². The molecule has 2 aliphatic rings. The second-order valence-electron chi connectivity index (χ2n) is 6.48. The zero-order valence-corrected chi connectivity index (χ0v) is 14.6. The zero-order valence-electron chi connectivity index (χ0n) is 13.7. The summed E-state index contributed by atoms with van der Waals surface area (Å²) in [6.07, 6.45) is 4.39. The second kappa shape index (κ2) is 8.67. The molecule has 1 heterocycles. The molecule has 1 aliphatic carbocycles. The van der Waals surface area contributed by atoms with E-state index >= 15 is 0 Å². The smallest absolute Gasteiger partial charge is 0.256 e. The molecule has 0 bridgehead atoms. The Balaban J connectivity index is 0.00000192. The lowest BCUT2D eigenvalue weighted by molar-refractivity contribution is -0.143. The predicted molar refractivity (Wildman–Crippen MR) is 93.8 cm³/mol. The molecule has 1 amide bonds. The van der Waals surface area contributed by atoms with Crippen LogP contribution in [0.2, 0.25) is 0 Å². The summed E-state index contributed by atoms with van der Waals surface area (Å²) >= 11 is 0. The maximum Gasteiger partial charge on any atom is 0.256 e. The Labute approximate surface area is 145 Å². The van der Waals surface area contributed by atoms with Gasteiger partial charge >= 0.3 is 0 Å². The highest BCUT2D eigenvalue weighted by molar-refractivity contribution is 5.85. The van der Waals surface area contributed by atoms with Gasteiger partial charge in [0.1, 0.15) is 0 Å². The Morgan fingerprint density at radius 3 is 2.43 bits per heavy atom. The Hall–Kier alpha value is -1.10. The van der Waals surface area contributed by atoms with Gasteiger partial charge in [0.2, 0.25) is 0 Å². The van der Waals surface area contributed by atoms with Crippen LogP contribution in [-0.2, 0) is 9.53 Å². The van der Waals surface area contributed by atoms with Gasteiger partial charge in [0, 0.05) is 26.2 Å². The van der Waals surface area contributed by atoms with Crippen LogP contribution in [0.1, 0.15) is 37.4 Å². The fourth-order valence-corrected chi connectivity index (χ4v) is 3.13. The van der Waals surface area contributed by atoms with Gasteiger partial charge in [-0.05, 0) is 43.7 Å². The standard InChI is InChI=1S/C18H26N2O2.ClH/c1-22-17(15-5-3-2-4-6-15)18(21)20-11-9-16(10-12-20)19-13-14-7-8-14;/h2-6,14,16-17,19H,7-13H2,1H3;1H. The van der Waals surface area contributed by atoms with Gasteiger partial charge in [0.05, 0.1) is 0 Å². The van der Waals surface area contributed by atoms with Gasteiger partial charge in [0.15, 0.2) is 6.10 Å². The molecule has 23 heavy (non-hydrogen) atoms. The third-order valence-corrected chi connectivity index (χ3v) is 4.76. The van der Waals surface area contributed by atoms with Crippen molar-refractivity contribution in [3.8, 4) is 0 Å². The maximum absolute atomic E-state index is 12.7. The molecular formula is C18H27ClN2O2. The lowest BCUT2D eigenvalue weighted by Gasteiger charge is -2.34. The minimum atomic E-state index is -0.475. The van der Waals surface area contributed by atoms with Crippen LogP contribution in [0.15, 0.2) is 30.3 Å². The monoisotopic (exact) mass is 338 g/mol. The van der Waals surface area contributed by atoms with Gasteiger partial charge in [-0.2, -0.15) is 0 Å². The van der Waals surface area contributed by atoms with E-state index in [9.17, 15) is 4.79 Å². The number of piperidine rings is 1. The summed E-state index contributed by atoms with van der Waals surface area (Å²) in [4.78, 5) is 14.6. The van der Waals surface area contributed by atoms with Crippen molar-refractivity contribution < 1.29 is 9.53 Å². The number of hydrogen-bond acceptors (Lipinski definition) is 3. The quantitative estimate of drug-likeness (QED) is 0.867. The Morgan fingerprint density at radius 2 is 1.87 bits per heavy atom. The third-order valence-electron chi connectivity index (χ3n) is 4.76. The van der Waals surface area contributed by atoms with Crippen molar-refractivity contribution in [2.45, 2.75) is 37.8 Å². The summed E-state index contributed by atoms with van der Waals surface area (Å²) in [5.41, 5.74) is 0.934. The van der Waals surface area contributed by atoms with Crippen LogP contribution in [-0.4, -0.2) is 43.6 Å². The molecule has 1 saturated carbocycles. The first kappa shape index (κ1) is 18.2. The topological polar surface area (TPSA) is 41.6 Å². The molecule has 4 nitrogen and oxygen atoms in total. The van der Waals surface area contributed by atoms with Crippen LogP contribution in [0.3, 0.4) is 0 Å². The number of halogens is 1. The molecular weight excluding hydrogens is 312 g/mol. The van der Waals surface area contributed by atoms with Crippen molar-refractivity contribution in [2.75, 3.05) is 26.7 Å². The number of benzene rings is 1. The number of amides is 1. The van der Waals surface area contributed by atoms with E-state index in [1.54, 1.807) is 7.11 Å². The first-order valence-electron chi connectivity index (χ1n) is 8.38. The number of nitrogens with one attached hydrogen (secondary N) is 1. The number of methoxy groups -OCH3 is 1. The average Bonchev–Trinajstić information content (AvgIpc) is 3.39. The molecule has 1 saturated heterocycles. The van der Waals surface area contributed by atoms with E-state index < -0.39 is 6.10 Å². The van der Waals surface area contributed by atoms with Crippen molar-refractivity contribution in [1.82, 2.24) is 10.2 Å². The van der Waals surface area contributed by atoms with Crippen LogP contribution < -0.4 is 5.32 Å². The molecule has 3 rings (SSSR count). The lowest BCUT2D eigenvalue weighted by Crippen LogP contribution is -2.47. The molecule has 1 N–H and O–H groups in total. The van der Waals surface area contributed by atoms with Crippen LogP contribution in [0.4, 0.5) is 0 Å². The number of ether oxygens (including phenoxy) is 1. The Kier molecular flexibility index (Phi) is 6.88. The van der Waals surface area contributed by atoms with Crippen molar-refractivity contribution >= 4 is 18.3 Å². The van der Waals surface area contributed by atoms with E-state index in [1.807, 2.05) is 35.2 Å². The highest BCUT2D eigenvalue weighted by Crippen LogP contribution is 2.28. The van der Waals surface area contributed by atoms with Crippen LogP contribution >= 0.6 is 12.4 Å². The fraction of sp³-hybridized carbons (Fsp3) is 0.611. The molecule has 0 spiro atoms. The van der Waals surface area contributed by atoms with Crippen molar-refractivity contribution in [3.63, 3.8) is 0 Å². The van der Waals surface area contributed by atoms with Gasteiger partial charge in [-0.3, -0.25) is 4.79 Å². The van der Waals surface area contributed by atoms with E-state index in [0.717, 1.165) is 44.0 Å². The molecule has 5 heteroatoms. The van der Waals surface area contributed by atoms with Gasteiger partial charge < -0.3 is 15.0 Å². The van der Waals surface area contributed by atoms with Crippen LogP contribution in [0.25, 0.3) is 0 Å². The molecule has 128 valence electrons. The molecule has 2 fully saturated rings. The molecule has 1 aromatic carbocycles. The highest BCUT2D eigenvalue weighted by Gasteiger charge is 2.30. The highest BCUT2D eigenvalue weighted by atomic mass is 35.5. The summed E-state index contributed by atoms with van der Waals surface area (Å²) in [5, 5.41) is 3.65. The molecule has 1 unspecified atom stereocenters. The van der Waals surface area contributed by atoms with Crippen molar-refractivity contribution in [1.29, 1.82) is 0 Å². The van der Waals surface area contributed by atoms with E-state index in [2.05, 4.69) is 5.32 Å². The number of hydrogen-bond donors (Lipinski definition) is 1. The molecule has 1 aliphatic heterocycles. The van der Waals surface area contributed by atoms with E-state index in [0.29, 0.717) is 6.04 Å². The van der Waals surface area contributed by atoms with Gasteiger partial charge in [0.25, 0.3) is 5.91 Å². The number of carbonyl (C=O) groups is 1. The first-order valence-corrected chi connectivity index (χ1v) is 8.38. The van der Waals surface area contributed by atoms with Gasteiger partial charge in [-0.25, -0.2) is 0 Å². The summed E-state index contributed by atoms with van der Waals surface area (Å²) in [6, 6.07) is 10.3. The number of rotatable bonds is 6. The first-order chi connectivity index (χ1) is 10.8. The molecule has 1 atom stereocenters. The van der Waals surface area contributed by atoms with Gasteiger partial charge in [-0.15, -0.1) is 12.4 Å². The Bertz CT molecular complexity index is 485. The Morgan fingerprint density at radius 1 is 1.22 bits per heavy atom. The van der Waals surface area contributed by atoms with Gasteiger partial charge in [-0.1, -0.05) is 30.3 Å².